The van der Waals surface area contributed by atoms with Gasteiger partial charge >= 0.3 is 0 Å². The molecule has 0 bridgehead atoms. The third kappa shape index (κ3) is 2.87. The highest BCUT2D eigenvalue weighted by atomic mass is 32.2. The fourth-order valence-corrected chi connectivity index (χ4v) is 3.86. The Morgan fingerprint density at radius 2 is 1.48 bits per heavy atom. The lowest BCUT2D eigenvalue weighted by Gasteiger charge is -2.14. The van der Waals surface area contributed by atoms with E-state index >= 15 is 0 Å². The molecule has 0 aliphatic carbocycles. The van der Waals surface area contributed by atoms with Crippen LogP contribution in [0, 0.1) is 0 Å². The molecule has 27 heavy (non-hydrogen) atoms. The average Bonchev–Trinajstić information content (AvgIpc) is 3.16. The van der Waals surface area contributed by atoms with Gasteiger partial charge in [-0.1, -0.05) is 12.1 Å². The van der Waals surface area contributed by atoms with Crippen LogP contribution in [-0.2, 0) is 17.1 Å². The number of rotatable bonds is 4. The van der Waals surface area contributed by atoms with E-state index in [0.717, 1.165) is 4.90 Å². The zero-order chi connectivity index (χ0) is 19.2. The molecule has 1 aliphatic heterocycles. The summed E-state index contributed by atoms with van der Waals surface area (Å²) < 4.78 is 28.7. The Bertz CT molecular complexity index is 1130. The van der Waals surface area contributed by atoms with Crippen molar-refractivity contribution in [3.63, 3.8) is 0 Å². The zero-order valence-electron chi connectivity index (χ0n) is 14.2. The standard InChI is InChI=1S/C18H14N4O4S/c1-21-11-10-16(19-21)20-27(25,26)13-8-6-12(7-9-13)22-17(23)14-4-2-3-5-15(14)18(22)24/h2-11H,1H3,(H,19,20). The van der Waals surface area contributed by atoms with Gasteiger partial charge in [-0.3, -0.25) is 19.0 Å². The minimum absolute atomic E-state index is 0.00601. The van der Waals surface area contributed by atoms with E-state index in [9.17, 15) is 18.0 Å². The fraction of sp³-hybridized carbons (Fsp3) is 0.0556. The van der Waals surface area contributed by atoms with E-state index < -0.39 is 21.8 Å². The van der Waals surface area contributed by atoms with Gasteiger partial charge in [0.1, 0.15) is 0 Å². The van der Waals surface area contributed by atoms with Gasteiger partial charge in [0.15, 0.2) is 5.82 Å². The van der Waals surface area contributed by atoms with Crippen molar-refractivity contribution >= 4 is 33.3 Å². The topological polar surface area (TPSA) is 101 Å². The van der Waals surface area contributed by atoms with Crippen LogP contribution in [0.4, 0.5) is 11.5 Å². The van der Waals surface area contributed by atoms with E-state index in [0.29, 0.717) is 16.8 Å². The second-order valence-electron chi connectivity index (χ2n) is 5.97. The van der Waals surface area contributed by atoms with Crippen molar-refractivity contribution in [2.24, 2.45) is 7.05 Å². The van der Waals surface area contributed by atoms with Gasteiger partial charge in [-0.2, -0.15) is 5.10 Å². The van der Waals surface area contributed by atoms with Crippen molar-refractivity contribution < 1.29 is 18.0 Å². The summed E-state index contributed by atoms with van der Waals surface area (Å²) in [5.74, 6) is -0.669. The molecule has 8 nitrogen and oxygen atoms in total. The molecule has 1 aliphatic rings. The Hall–Kier alpha value is -3.46. The summed E-state index contributed by atoms with van der Waals surface area (Å²) >= 11 is 0. The van der Waals surface area contributed by atoms with Crippen LogP contribution in [0.15, 0.2) is 65.7 Å². The number of aromatic nitrogens is 2. The SMILES string of the molecule is Cn1ccc(NS(=O)(=O)c2ccc(N3C(=O)c4ccccc4C3=O)cc2)n1. The number of nitrogens with zero attached hydrogens (tertiary/aromatic N) is 3. The molecule has 2 aromatic carbocycles. The molecule has 0 spiro atoms. The first kappa shape index (κ1) is 17.0. The normalized spacial score (nSPS) is 13.7. The number of anilines is 2. The van der Waals surface area contributed by atoms with Crippen molar-refractivity contribution in [2.45, 2.75) is 4.90 Å². The van der Waals surface area contributed by atoms with Gasteiger partial charge in [-0.25, -0.2) is 13.3 Å². The number of amides is 2. The van der Waals surface area contributed by atoms with Crippen molar-refractivity contribution in [1.82, 2.24) is 9.78 Å². The molecule has 0 unspecified atom stereocenters. The number of aryl methyl sites for hydroxylation is 1. The smallest absolute Gasteiger partial charge is 0.266 e. The molecule has 0 saturated heterocycles. The highest BCUT2D eigenvalue weighted by Gasteiger charge is 2.36. The van der Waals surface area contributed by atoms with Crippen molar-refractivity contribution in [2.75, 3.05) is 9.62 Å². The maximum absolute atomic E-state index is 12.5. The number of carbonyl (C=O) groups excluding carboxylic acids is 2. The summed E-state index contributed by atoms with van der Waals surface area (Å²) in [6.45, 7) is 0. The van der Waals surface area contributed by atoms with Crippen LogP contribution in [0.1, 0.15) is 20.7 Å². The van der Waals surface area contributed by atoms with Gasteiger partial charge in [0.25, 0.3) is 21.8 Å². The Morgan fingerprint density at radius 3 is 2.00 bits per heavy atom. The number of nitrogens with one attached hydrogen (secondary N) is 1. The molecule has 1 aromatic heterocycles. The predicted molar refractivity (Wildman–Crippen MR) is 98.0 cm³/mol. The molecule has 2 heterocycles. The van der Waals surface area contributed by atoms with Crippen LogP contribution in [0.2, 0.25) is 0 Å². The van der Waals surface area contributed by atoms with Gasteiger partial charge in [-0.15, -0.1) is 0 Å². The van der Waals surface area contributed by atoms with E-state index in [1.54, 1.807) is 37.5 Å². The lowest BCUT2D eigenvalue weighted by Crippen LogP contribution is -2.29. The van der Waals surface area contributed by atoms with Gasteiger partial charge in [0, 0.05) is 19.3 Å². The minimum Gasteiger partial charge on any atom is -0.274 e. The molecule has 9 heteroatoms. The first-order chi connectivity index (χ1) is 12.9. The molecule has 136 valence electrons. The van der Waals surface area contributed by atoms with E-state index in [-0.39, 0.29) is 10.7 Å². The number of sulfonamides is 1. The Kier molecular flexibility index (Phi) is 3.81. The summed E-state index contributed by atoms with van der Waals surface area (Å²) in [4.78, 5) is 26.0. The Labute approximate surface area is 155 Å². The number of hydrogen-bond acceptors (Lipinski definition) is 5. The van der Waals surface area contributed by atoms with E-state index in [1.165, 1.54) is 35.0 Å². The van der Waals surface area contributed by atoms with Crippen molar-refractivity contribution in [3.05, 3.63) is 71.9 Å². The molecule has 4 rings (SSSR count). The van der Waals surface area contributed by atoms with Gasteiger partial charge in [0.2, 0.25) is 0 Å². The first-order valence-corrected chi connectivity index (χ1v) is 9.45. The molecule has 0 radical (unpaired) electrons. The highest BCUT2D eigenvalue weighted by Crippen LogP contribution is 2.29. The quantitative estimate of drug-likeness (QED) is 0.696. The number of imide groups is 1. The lowest BCUT2D eigenvalue weighted by molar-refractivity contribution is 0.0926. The van der Waals surface area contributed by atoms with Crippen LogP contribution in [0.5, 0.6) is 0 Å². The Morgan fingerprint density at radius 1 is 0.889 bits per heavy atom. The molecular weight excluding hydrogens is 368 g/mol. The van der Waals surface area contributed by atoms with Crippen LogP contribution in [-0.4, -0.2) is 30.0 Å². The number of hydrogen-bond donors (Lipinski definition) is 1. The van der Waals surface area contributed by atoms with Crippen LogP contribution in [0.3, 0.4) is 0 Å². The van der Waals surface area contributed by atoms with E-state index in [4.69, 9.17) is 0 Å². The first-order valence-electron chi connectivity index (χ1n) is 7.97. The Balaban J connectivity index is 1.61. The summed E-state index contributed by atoms with van der Waals surface area (Å²) in [5.41, 5.74) is 0.963. The largest absolute Gasteiger partial charge is 0.274 e. The van der Waals surface area contributed by atoms with Gasteiger partial charge in [-0.05, 0) is 36.4 Å². The van der Waals surface area contributed by atoms with Crippen LogP contribution < -0.4 is 9.62 Å². The van der Waals surface area contributed by atoms with Gasteiger partial charge < -0.3 is 0 Å². The maximum atomic E-state index is 12.5. The van der Waals surface area contributed by atoms with Gasteiger partial charge in [0.05, 0.1) is 21.7 Å². The summed E-state index contributed by atoms with van der Waals surface area (Å²) in [6, 6.07) is 13.6. The number of benzene rings is 2. The van der Waals surface area contributed by atoms with E-state index in [1.807, 2.05) is 0 Å². The molecular formula is C18H14N4O4S. The molecule has 0 atom stereocenters. The second-order valence-corrected chi connectivity index (χ2v) is 7.65. The van der Waals surface area contributed by atoms with Crippen molar-refractivity contribution in [3.8, 4) is 0 Å². The minimum atomic E-state index is -3.84. The molecule has 1 N–H and O–H groups in total. The molecule has 0 fully saturated rings. The number of carbonyl (C=O) groups is 2. The van der Waals surface area contributed by atoms with E-state index in [2.05, 4.69) is 9.82 Å². The summed E-state index contributed by atoms with van der Waals surface area (Å²) in [6.07, 6.45) is 1.61. The molecule has 2 amide bonds. The average molecular weight is 382 g/mol. The van der Waals surface area contributed by atoms with Crippen molar-refractivity contribution in [1.29, 1.82) is 0 Å². The number of fused-ring (bicyclic) bond motifs is 1. The predicted octanol–water partition coefficient (Wildman–Crippen LogP) is 2.02. The summed E-state index contributed by atoms with van der Waals surface area (Å²) in [7, 11) is -2.16. The highest BCUT2D eigenvalue weighted by molar-refractivity contribution is 7.92. The monoisotopic (exact) mass is 382 g/mol. The third-order valence-corrected chi connectivity index (χ3v) is 5.52. The van der Waals surface area contributed by atoms with Crippen LogP contribution in [0.25, 0.3) is 0 Å². The maximum Gasteiger partial charge on any atom is 0.266 e. The zero-order valence-corrected chi connectivity index (χ0v) is 15.0. The lowest BCUT2D eigenvalue weighted by atomic mass is 10.1. The molecule has 3 aromatic rings. The third-order valence-electron chi connectivity index (χ3n) is 4.15. The fourth-order valence-electron chi connectivity index (χ4n) is 2.86. The molecule has 0 saturated carbocycles. The second kappa shape index (κ2) is 6.06. The summed E-state index contributed by atoms with van der Waals surface area (Å²) in [5, 5.41) is 3.97. The van der Waals surface area contributed by atoms with Crippen LogP contribution >= 0.6 is 0 Å².